The lowest BCUT2D eigenvalue weighted by Gasteiger charge is -2.35. The van der Waals surface area contributed by atoms with E-state index in [0.717, 1.165) is 51.4 Å². The number of amides is 2. The molecule has 0 spiro atoms. The van der Waals surface area contributed by atoms with Gasteiger partial charge in [0.25, 0.3) is 5.91 Å². The van der Waals surface area contributed by atoms with Crippen molar-refractivity contribution in [3.63, 3.8) is 0 Å². The highest BCUT2D eigenvalue weighted by atomic mass is 16.2. The molecule has 28 heavy (non-hydrogen) atoms. The highest BCUT2D eigenvalue weighted by molar-refractivity contribution is 5.99. The first kappa shape index (κ1) is 18.7. The molecule has 0 atom stereocenters. The summed E-state index contributed by atoms with van der Waals surface area (Å²) in [6.07, 6.45) is 1.49. The molecular weight excluding hydrogens is 350 g/mol. The van der Waals surface area contributed by atoms with Gasteiger partial charge in [0.05, 0.1) is 0 Å². The number of nitrogens with zero attached hydrogens (tertiary/aromatic N) is 3. The van der Waals surface area contributed by atoms with Crippen molar-refractivity contribution in [3.8, 4) is 0 Å². The molecule has 2 aromatic carbocycles. The third-order valence-corrected chi connectivity index (χ3v) is 5.63. The number of aryl methyl sites for hydroxylation is 1. The van der Waals surface area contributed by atoms with Gasteiger partial charge in [0, 0.05) is 56.9 Å². The summed E-state index contributed by atoms with van der Waals surface area (Å²) in [4.78, 5) is 31.1. The van der Waals surface area contributed by atoms with Gasteiger partial charge < -0.3 is 9.80 Å². The first-order chi connectivity index (χ1) is 13.6. The van der Waals surface area contributed by atoms with Gasteiger partial charge in [-0.1, -0.05) is 35.9 Å². The fraction of sp³-hybridized carbons (Fsp3) is 0.391. The average Bonchev–Trinajstić information content (AvgIpc) is 3.14. The maximum atomic E-state index is 13.0. The summed E-state index contributed by atoms with van der Waals surface area (Å²) in [7, 11) is 0. The number of hydrogen-bond donors (Lipinski definition) is 0. The van der Waals surface area contributed by atoms with Gasteiger partial charge in [0.15, 0.2) is 0 Å². The SMILES string of the molecule is Cc1cccc(CN2CCN(C(=O)c3cccc(N4CCCC4=O)c3)CC2)c1. The van der Waals surface area contributed by atoms with Gasteiger partial charge in [-0.3, -0.25) is 14.5 Å². The molecule has 2 amide bonds. The number of carbonyl (C=O) groups is 2. The Morgan fingerprint density at radius 2 is 1.75 bits per heavy atom. The van der Waals surface area contributed by atoms with Crippen LogP contribution in [0, 0.1) is 6.92 Å². The Morgan fingerprint density at radius 3 is 2.46 bits per heavy atom. The smallest absolute Gasteiger partial charge is 0.254 e. The lowest BCUT2D eigenvalue weighted by molar-refractivity contribution is -0.117. The van der Waals surface area contributed by atoms with Crippen molar-refractivity contribution < 1.29 is 9.59 Å². The molecule has 2 saturated heterocycles. The van der Waals surface area contributed by atoms with Crippen LogP contribution in [0.5, 0.6) is 0 Å². The van der Waals surface area contributed by atoms with E-state index in [4.69, 9.17) is 0 Å². The summed E-state index contributed by atoms with van der Waals surface area (Å²) in [6.45, 7) is 7.01. The van der Waals surface area contributed by atoms with Crippen molar-refractivity contribution in [2.75, 3.05) is 37.6 Å². The highest BCUT2D eigenvalue weighted by Crippen LogP contribution is 2.23. The Balaban J connectivity index is 1.37. The molecular formula is C23H27N3O2. The van der Waals surface area contributed by atoms with Gasteiger partial charge in [0.2, 0.25) is 5.91 Å². The van der Waals surface area contributed by atoms with E-state index in [2.05, 4.69) is 36.1 Å². The molecule has 0 aromatic heterocycles. The molecule has 0 radical (unpaired) electrons. The Kier molecular flexibility index (Phi) is 5.44. The van der Waals surface area contributed by atoms with Gasteiger partial charge >= 0.3 is 0 Å². The van der Waals surface area contributed by atoms with E-state index in [1.54, 1.807) is 4.90 Å². The zero-order valence-corrected chi connectivity index (χ0v) is 16.4. The number of rotatable bonds is 4. The molecule has 0 unspecified atom stereocenters. The standard InChI is InChI=1S/C23H27N3O2/c1-18-5-2-6-19(15-18)17-24-11-13-25(14-12-24)23(28)20-7-3-8-21(16-20)26-10-4-9-22(26)27/h2-3,5-8,15-16H,4,9-14,17H2,1H3. The molecule has 0 aliphatic carbocycles. The van der Waals surface area contributed by atoms with Crippen molar-refractivity contribution >= 4 is 17.5 Å². The normalized spacial score (nSPS) is 18.0. The minimum absolute atomic E-state index is 0.0590. The quantitative estimate of drug-likeness (QED) is 0.822. The molecule has 0 saturated carbocycles. The second-order valence-corrected chi connectivity index (χ2v) is 7.76. The predicted molar refractivity (Wildman–Crippen MR) is 110 cm³/mol. The molecule has 4 rings (SSSR count). The Labute approximate surface area is 166 Å². The number of hydrogen-bond acceptors (Lipinski definition) is 3. The first-order valence-electron chi connectivity index (χ1n) is 10.1. The maximum Gasteiger partial charge on any atom is 0.254 e. The van der Waals surface area contributed by atoms with Gasteiger partial charge in [0.1, 0.15) is 0 Å². The molecule has 5 nitrogen and oxygen atoms in total. The fourth-order valence-electron chi connectivity index (χ4n) is 4.09. The van der Waals surface area contributed by atoms with E-state index >= 15 is 0 Å². The maximum absolute atomic E-state index is 13.0. The topological polar surface area (TPSA) is 43.9 Å². The molecule has 5 heteroatoms. The van der Waals surface area contributed by atoms with Gasteiger partial charge in [-0.2, -0.15) is 0 Å². The molecule has 2 fully saturated rings. The predicted octanol–water partition coefficient (Wildman–Crippen LogP) is 3.08. The third-order valence-electron chi connectivity index (χ3n) is 5.63. The molecule has 2 aromatic rings. The van der Waals surface area contributed by atoms with Crippen LogP contribution in [0.1, 0.15) is 34.3 Å². The first-order valence-corrected chi connectivity index (χ1v) is 10.1. The van der Waals surface area contributed by atoms with Crippen LogP contribution < -0.4 is 4.90 Å². The van der Waals surface area contributed by atoms with Gasteiger partial charge in [-0.15, -0.1) is 0 Å². The van der Waals surface area contributed by atoms with E-state index in [1.807, 2.05) is 29.2 Å². The summed E-state index contributed by atoms with van der Waals surface area (Å²) in [5.41, 5.74) is 4.11. The van der Waals surface area contributed by atoms with E-state index < -0.39 is 0 Å². The number of carbonyl (C=O) groups excluding carboxylic acids is 2. The monoisotopic (exact) mass is 377 g/mol. The second kappa shape index (κ2) is 8.15. The van der Waals surface area contributed by atoms with Crippen LogP contribution in [0.4, 0.5) is 5.69 Å². The molecule has 2 heterocycles. The van der Waals surface area contributed by atoms with Gasteiger partial charge in [-0.25, -0.2) is 0 Å². The van der Waals surface area contributed by atoms with Crippen LogP contribution in [-0.2, 0) is 11.3 Å². The summed E-state index contributed by atoms with van der Waals surface area (Å²) in [5.74, 6) is 0.207. The van der Waals surface area contributed by atoms with E-state index in [1.165, 1.54) is 11.1 Å². The minimum Gasteiger partial charge on any atom is -0.336 e. The zero-order valence-electron chi connectivity index (χ0n) is 16.4. The minimum atomic E-state index is 0.0590. The molecule has 0 N–H and O–H groups in total. The van der Waals surface area contributed by atoms with Crippen LogP contribution in [0.3, 0.4) is 0 Å². The summed E-state index contributed by atoms with van der Waals surface area (Å²) < 4.78 is 0. The molecule has 2 aliphatic rings. The van der Waals surface area contributed by atoms with E-state index in [-0.39, 0.29) is 11.8 Å². The summed E-state index contributed by atoms with van der Waals surface area (Å²) in [5, 5.41) is 0. The van der Waals surface area contributed by atoms with Crippen molar-refractivity contribution in [2.24, 2.45) is 0 Å². The Hall–Kier alpha value is -2.66. The molecule has 2 aliphatic heterocycles. The van der Waals surface area contributed by atoms with Crippen LogP contribution in [0.15, 0.2) is 48.5 Å². The Bertz CT molecular complexity index is 872. The van der Waals surface area contributed by atoms with Crippen LogP contribution in [0.25, 0.3) is 0 Å². The van der Waals surface area contributed by atoms with Crippen LogP contribution in [-0.4, -0.2) is 54.3 Å². The van der Waals surface area contributed by atoms with Crippen LogP contribution in [0.2, 0.25) is 0 Å². The van der Waals surface area contributed by atoms with E-state index in [0.29, 0.717) is 12.0 Å². The summed E-state index contributed by atoms with van der Waals surface area (Å²) >= 11 is 0. The largest absolute Gasteiger partial charge is 0.336 e. The third kappa shape index (κ3) is 4.09. The lowest BCUT2D eigenvalue weighted by atomic mass is 10.1. The zero-order chi connectivity index (χ0) is 19.5. The average molecular weight is 377 g/mol. The van der Waals surface area contributed by atoms with Crippen molar-refractivity contribution in [2.45, 2.75) is 26.3 Å². The molecule has 146 valence electrons. The Morgan fingerprint density at radius 1 is 0.964 bits per heavy atom. The summed E-state index contributed by atoms with van der Waals surface area (Å²) in [6, 6.07) is 16.1. The van der Waals surface area contributed by atoms with Crippen molar-refractivity contribution in [1.82, 2.24) is 9.80 Å². The van der Waals surface area contributed by atoms with Crippen LogP contribution >= 0.6 is 0 Å². The lowest BCUT2D eigenvalue weighted by Crippen LogP contribution is -2.48. The molecule has 0 bridgehead atoms. The fourth-order valence-corrected chi connectivity index (χ4v) is 4.09. The second-order valence-electron chi connectivity index (χ2n) is 7.76. The number of benzene rings is 2. The van der Waals surface area contributed by atoms with Crippen molar-refractivity contribution in [1.29, 1.82) is 0 Å². The van der Waals surface area contributed by atoms with Crippen molar-refractivity contribution in [3.05, 3.63) is 65.2 Å². The highest BCUT2D eigenvalue weighted by Gasteiger charge is 2.25. The number of anilines is 1. The number of piperazine rings is 1. The van der Waals surface area contributed by atoms with E-state index in [9.17, 15) is 9.59 Å². The van der Waals surface area contributed by atoms with Gasteiger partial charge in [-0.05, 0) is 37.1 Å².